The largest absolute Gasteiger partial charge is 0.269 e. The van der Waals surface area contributed by atoms with Gasteiger partial charge >= 0.3 is 0 Å². The van der Waals surface area contributed by atoms with Crippen LogP contribution in [0.15, 0.2) is 11.1 Å². The Bertz CT molecular complexity index is 22.8. The third-order valence-corrected chi connectivity index (χ3v) is 0.429. The van der Waals surface area contributed by atoms with Crippen LogP contribution in [0.1, 0.15) is 0 Å². The van der Waals surface area contributed by atoms with Crippen LogP contribution in [-0.4, -0.2) is 0 Å². The van der Waals surface area contributed by atoms with E-state index in [1.807, 2.05) is 0 Å². The molecule has 0 aromatic heterocycles. The van der Waals surface area contributed by atoms with Crippen LogP contribution < -0.4 is 0 Å². The Morgan fingerprint density at radius 1 is 1.00 bits per heavy atom. The summed E-state index contributed by atoms with van der Waals surface area (Å²) in [5.74, 6) is 0. The van der Waals surface area contributed by atoms with E-state index in [0.717, 1.165) is 0 Å². The van der Waals surface area contributed by atoms with E-state index in [0.29, 0.717) is 0 Å². The third kappa shape index (κ3) is 13.8. The van der Waals surface area contributed by atoms with Gasteiger partial charge in [0.2, 0.25) is 0 Å². The second-order valence-corrected chi connectivity index (χ2v) is 0.756. The summed E-state index contributed by atoms with van der Waals surface area (Å²) in [4.78, 5) is 0. The SMILES string of the molecule is ClC=CCl.F. The van der Waals surface area contributed by atoms with E-state index in [1.165, 1.54) is 11.1 Å². The highest BCUT2D eigenvalue weighted by Gasteiger charge is 1.40. The van der Waals surface area contributed by atoms with E-state index in [1.54, 1.807) is 0 Å². The van der Waals surface area contributed by atoms with E-state index in [4.69, 9.17) is 23.2 Å². The Labute approximate surface area is 39.7 Å². The molecular weight excluding hydrogens is 114 g/mol. The van der Waals surface area contributed by atoms with Crippen LogP contribution in [-0.2, 0) is 0 Å². The molecule has 0 radical (unpaired) electrons. The summed E-state index contributed by atoms with van der Waals surface area (Å²) in [6.45, 7) is 0. The van der Waals surface area contributed by atoms with Gasteiger partial charge in [0.25, 0.3) is 0 Å². The molecule has 0 rings (SSSR count). The van der Waals surface area contributed by atoms with Crippen molar-refractivity contribution in [3.05, 3.63) is 11.1 Å². The van der Waals surface area contributed by atoms with Gasteiger partial charge in [-0.05, 0) is 0 Å². The molecule has 0 nitrogen and oxygen atoms in total. The summed E-state index contributed by atoms with van der Waals surface area (Å²) < 4.78 is 0. The topological polar surface area (TPSA) is 0 Å². The van der Waals surface area contributed by atoms with Crippen LogP contribution in [0.3, 0.4) is 0 Å². The first kappa shape index (κ1) is 8.98. The molecule has 0 spiro atoms. The van der Waals surface area contributed by atoms with E-state index < -0.39 is 0 Å². The summed E-state index contributed by atoms with van der Waals surface area (Å²) in [6, 6.07) is 0. The molecule has 0 fully saturated rings. The number of hydrogen-bond donors (Lipinski definition) is 0. The summed E-state index contributed by atoms with van der Waals surface area (Å²) in [6.07, 6.45) is 0. The highest BCUT2D eigenvalue weighted by molar-refractivity contribution is 6.33. The van der Waals surface area contributed by atoms with Crippen molar-refractivity contribution in [3.63, 3.8) is 0 Å². The van der Waals surface area contributed by atoms with E-state index in [2.05, 4.69) is 0 Å². The van der Waals surface area contributed by atoms with Crippen molar-refractivity contribution in [1.82, 2.24) is 0 Å². The minimum atomic E-state index is 0. The van der Waals surface area contributed by atoms with Crippen LogP contribution >= 0.6 is 23.2 Å². The fraction of sp³-hybridized carbons (Fsp3) is 0. The molecule has 0 aliphatic rings. The number of rotatable bonds is 0. The summed E-state index contributed by atoms with van der Waals surface area (Å²) in [5, 5.41) is 0. The van der Waals surface area contributed by atoms with Gasteiger partial charge in [0.15, 0.2) is 0 Å². The van der Waals surface area contributed by atoms with Crippen LogP contribution in [0.25, 0.3) is 0 Å². The predicted molar refractivity (Wildman–Crippen MR) is 23.3 cm³/mol. The molecular formula is C2H3Cl2F. The smallest absolute Gasteiger partial charge is 0.0156 e. The van der Waals surface area contributed by atoms with Crippen molar-refractivity contribution in [2.75, 3.05) is 0 Å². The first-order chi connectivity index (χ1) is 1.91. The first-order valence-corrected chi connectivity index (χ1v) is 1.64. The molecule has 0 N–H and O–H groups in total. The quantitative estimate of drug-likeness (QED) is 0.455. The highest BCUT2D eigenvalue weighted by Crippen LogP contribution is 1.78. The summed E-state index contributed by atoms with van der Waals surface area (Å²) in [5.41, 5.74) is 2.48. The van der Waals surface area contributed by atoms with Gasteiger partial charge in [-0.2, -0.15) is 0 Å². The molecule has 5 heavy (non-hydrogen) atoms. The maximum absolute atomic E-state index is 4.87. The van der Waals surface area contributed by atoms with Crippen LogP contribution in [0.5, 0.6) is 0 Å². The van der Waals surface area contributed by atoms with Crippen LogP contribution in [0.2, 0.25) is 0 Å². The van der Waals surface area contributed by atoms with Crippen molar-refractivity contribution in [2.45, 2.75) is 0 Å². The molecule has 32 valence electrons. The van der Waals surface area contributed by atoms with Gasteiger partial charge in [-0.3, -0.25) is 4.70 Å². The van der Waals surface area contributed by atoms with Gasteiger partial charge in [0.05, 0.1) is 0 Å². The van der Waals surface area contributed by atoms with Gasteiger partial charge < -0.3 is 0 Å². The Morgan fingerprint density at radius 3 is 1.20 bits per heavy atom. The Morgan fingerprint density at radius 2 is 1.20 bits per heavy atom. The number of halogens is 3. The van der Waals surface area contributed by atoms with Crippen LogP contribution in [0, 0.1) is 0 Å². The van der Waals surface area contributed by atoms with Gasteiger partial charge in [-0.15, -0.1) is 0 Å². The molecule has 0 bridgehead atoms. The van der Waals surface area contributed by atoms with Crippen molar-refractivity contribution in [2.24, 2.45) is 0 Å². The predicted octanol–water partition coefficient (Wildman–Crippen LogP) is 2.09. The third-order valence-electron chi connectivity index (χ3n) is 0.0476. The average Bonchev–Trinajstić information content (AvgIpc) is 1.37. The normalized spacial score (nSPS) is 7.60. The van der Waals surface area contributed by atoms with Crippen molar-refractivity contribution < 1.29 is 4.70 Å². The molecule has 0 aliphatic heterocycles. The second kappa shape index (κ2) is 8.87. The molecule has 0 saturated heterocycles. The lowest BCUT2D eigenvalue weighted by atomic mass is 11.3. The lowest BCUT2D eigenvalue weighted by molar-refractivity contribution is 1.11. The van der Waals surface area contributed by atoms with E-state index in [9.17, 15) is 0 Å². The van der Waals surface area contributed by atoms with Crippen molar-refractivity contribution >= 4 is 23.2 Å². The fourth-order valence-electron chi connectivity index (χ4n) is 0. The Balaban J connectivity index is 0. The zero-order chi connectivity index (χ0) is 3.41. The second-order valence-electron chi connectivity index (χ2n) is 0.252. The maximum atomic E-state index is 4.87. The highest BCUT2D eigenvalue weighted by atomic mass is 35.5. The lowest BCUT2D eigenvalue weighted by Gasteiger charge is -1.44. The monoisotopic (exact) mass is 116 g/mol. The average molecular weight is 117 g/mol. The molecule has 0 aliphatic carbocycles. The minimum absolute atomic E-state index is 0. The molecule has 0 heterocycles. The number of hydrogen-bond acceptors (Lipinski definition) is 0. The molecule has 0 amide bonds. The van der Waals surface area contributed by atoms with E-state index >= 15 is 0 Å². The molecule has 3 heteroatoms. The van der Waals surface area contributed by atoms with Gasteiger partial charge in [-0.25, -0.2) is 0 Å². The zero-order valence-corrected chi connectivity index (χ0v) is 3.83. The molecule has 0 aromatic carbocycles. The first-order valence-electron chi connectivity index (χ1n) is 0.770. The van der Waals surface area contributed by atoms with Gasteiger partial charge in [0, 0.05) is 11.1 Å². The Hall–Kier alpha value is 0.250. The van der Waals surface area contributed by atoms with Gasteiger partial charge in [0.1, 0.15) is 0 Å². The molecule has 0 aromatic rings. The van der Waals surface area contributed by atoms with Crippen molar-refractivity contribution in [1.29, 1.82) is 0 Å². The van der Waals surface area contributed by atoms with Gasteiger partial charge in [-0.1, -0.05) is 23.2 Å². The summed E-state index contributed by atoms with van der Waals surface area (Å²) >= 11 is 9.75. The summed E-state index contributed by atoms with van der Waals surface area (Å²) in [7, 11) is 0. The minimum Gasteiger partial charge on any atom is -0.269 e. The zero-order valence-electron chi connectivity index (χ0n) is 2.32. The molecule has 0 unspecified atom stereocenters. The molecule has 0 saturated carbocycles. The maximum Gasteiger partial charge on any atom is 0.0156 e. The standard InChI is InChI=1S/C2H2Cl2.FH/c3-1-2-4;/h1-2H;1H. The lowest BCUT2D eigenvalue weighted by Crippen LogP contribution is -1.11. The molecule has 0 atom stereocenters. The van der Waals surface area contributed by atoms with Crippen molar-refractivity contribution in [3.8, 4) is 0 Å². The van der Waals surface area contributed by atoms with Crippen LogP contribution in [0.4, 0.5) is 4.70 Å². The van der Waals surface area contributed by atoms with E-state index in [-0.39, 0.29) is 4.70 Å². The Kier molecular flexibility index (Phi) is 15.9. The fourth-order valence-corrected chi connectivity index (χ4v) is 0.